The molecule has 0 spiro atoms. The molecule has 0 heterocycles. The van der Waals surface area contributed by atoms with Gasteiger partial charge in [-0.25, -0.2) is 0 Å². The SMILES string of the molecule is CCC(O)CCNC(=O)c1cccc(NC(=O)C2CC2)c1. The first kappa shape index (κ1) is 15.5. The molecule has 0 aliphatic heterocycles. The Morgan fingerprint density at radius 3 is 2.81 bits per heavy atom. The van der Waals surface area contributed by atoms with Gasteiger partial charge in [0.05, 0.1) is 6.10 Å². The number of aliphatic hydroxyl groups is 1. The number of carbonyl (C=O) groups is 2. The van der Waals surface area contributed by atoms with E-state index in [9.17, 15) is 14.7 Å². The Balaban J connectivity index is 1.87. The summed E-state index contributed by atoms with van der Waals surface area (Å²) in [5.41, 5.74) is 1.16. The standard InChI is InChI=1S/C16H22N2O3/c1-2-14(19)8-9-17-15(20)12-4-3-5-13(10-12)18-16(21)11-6-7-11/h3-5,10-11,14,19H,2,6-9H2,1H3,(H,17,20)(H,18,21). The van der Waals surface area contributed by atoms with Gasteiger partial charge < -0.3 is 15.7 Å². The molecule has 3 N–H and O–H groups in total. The van der Waals surface area contributed by atoms with Crippen molar-refractivity contribution in [3.63, 3.8) is 0 Å². The van der Waals surface area contributed by atoms with E-state index >= 15 is 0 Å². The van der Waals surface area contributed by atoms with Crippen LogP contribution in [0, 0.1) is 5.92 Å². The van der Waals surface area contributed by atoms with E-state index in [4.69, 9.17) is 0 Å². The van der Waals surface area contributed by atoms with Crippen molar-refractivity contribution in [2.24, 2.45) is 5.92 Å². The number of hydrogen-bond donors (Lipinski definition) is 3. The van der Waals surface area contributed by atoms with E-state index < -0.39 is 0 Å². The zero-order chi connectivity index (χ0) is 15.2. The second-order valence-corrected chi connectivity index (χ2v) is 5.45. The van der Waals surface area contributed by atoms with Gasteiger partial charge in [0.1, 0.15) is 0 Å². The third-order valence-electron chi connectivity index (χ3n) is 3.57. The fourth-order valence-electron chi connectivity index (χ4n) is 1.99. The predicted molar refractivity (Wildman–Crippen MR) is 81.0 cm³/mol. The molecule has 1 aliphatic rings. The van der Waals surface area contributed by atoms with Crippen molar-refractivity contribution in [3.05, 3.63) is 29.8 Å². The molecule has 5 heteroatoms. The maximum atomic E-state index is 12.0. The Hall–Kier alpha value is -1.88. The molecule has 1 saturated carbocycles. The number of hydrogen-bond acceptors (Lipinski definition) is 3. The zero-order valence-corrected chi connectivity index (χ0v) is 12.3. The number of anilines is 1. The highest BCUT2D eigenvalue weighted by molar-refractivity contribution is 5.98. The van der Waals surface area contributed by atoms with Crippen molar-refractivity contribution in [1.82, 2.24) is 5.32 Å². The molecule has 1 fully saturated rings. The molecule has 2 amide bonds. The minimum absolute atomic E-state index is 0.0265. The van der Waals surface area contributed by atoms with Crippen LogP contribution in [0.5, 0.6) is 0 Å². The van der Waals surface area contributed by atoms with Crippen LogP contribution in [-0.4, -0.2) is 29.6 Å². The first-order valence-corrected chi connectivity index (χ1v) is 7.47. The van der Waals surface area contributed by atoms with Crippen LogP contribution < -0.4 is 10.6 Å². The first-order chi connectivity index (χ1) is 10.1. The summed E-state index contributed by atoms with van der Waals surface area (Å²) in [5.74, 6) is -0.0301. The van der Waals surface area contributed by atoms with Gasteiger partial charge in [-0.15, -0.1) is 0 Å². The van der Waals surface area contributed by atoms with Crippen molar-refractivity contribution in [1.29, 1.82) is 0 Å². The lowest BCUT2D eigenvalue weighted by molar-refractivity contribution is -0.117. The Morgan fingerprint density at radius 1 is 1.38 bits per heavy atom. The molecular weight excluding hydrogens is 268 g/mol. The largest absolute Gasteiger partial charge is 0.393 e. The van der Waals surface area contributed by atoms with Crippen LogP contribution in [0.3, 0.4) is 0 Å². The Morgan fingerprint density at radius 2 is 2.14 bits per heavy atom. The minimum Gasteiger partial charge on any atom is -0.393 e. The van der Waals surface area contributed by atoms with Gasteiger partial charge in [-0.1, -0.05) is 13.0 Å². The summed E-state index contributed by atoms with van der Waals surface area (Å²) < 4.78 is 0. The number of nitrogens with one attached hydrogen (secondary N) is 2. The molecule has 0 bridgehead atoms. The lowest BCUT2D eigenvalue weighted by Crippen LogP contribution is -2.27. The monoisotopic (exact) mass is 290 g/mol. The molecule has 2 rings (SSSR count). The molecule has 1 aromatic carbocycles. The van der Waals surface area contributed by atoms with E-state index in [-0.39, 0.29) is 23.8 Å². The van der Waals surface area contributed by atoms with E-state index in [1.165, 1.54) is 0 Å². The highest BCUT2D eigenvalue weighted by Gasteiger charge is 2.29. The maximum Gasteiger partial charge on any atom is 0.251 e. The van der Waals surface area contributed by atoms with E-state index in [0.29, 0.717) is 30.6 Å². The van der Waals surface area contributed by atoms with Crippen LogP contribution >= 0.6 is 0 Å². The number of carbonyl (C=O) groups excluding carboxylic acids is 2. The summed E-state index contributed by atoms with van der Waals surface area (Å²) in [6.45, 7) is 2.34. The first-order valence-electron chi connectivity index (χ1n) is 7.47. The molecule has 0 saturated heterocycles. The zero-order valence-electron chi connectivity index (χ0n) is 12.3. The molecule has 0 radical (unpaired) electrons. The molecule has 114 valence electrons. The molecule has 21 heavy (non-hydrogen) atoms. The van der Waals surface area contributed by atoms with Gasteiger partial charge in [0, 0.05) is 23.7 Å². The van der Waals surface area contributed by atoms with Crippen LogP contribution in [0.25, 0.3) is 0 Å². The van der Waals surface area contributed by atoms with E-state index in [1.807, 2.05) is 6.92 Å². The van der Waals surface area contributed by atoms with E-state index in [1.54, 1.807) is 24.3 Å². The highest BCUT2D eigenvalue weighted by atomic mass is 16.3. The van der Waals surface area contributed by atoms with E-state index in [0.717, 1.165) is 12.8 Å². The van der Waals surface area contributed by atoms with Crippen molar-refractivity contribution < 1.29 is 14.7 Å². The summed E-state index contributed by atoms with van der Waals surface area (Å²) in [7, 11) is 0. The van der Waals surface area contributed by atoms with E-state index in [2.05, 4.69) is 10.6 Å². The van der Waals surface area contributed by atoms with Crippen LogP contribution in [0.4, 0.5) is 5.69 Å². The van der Waals surface area contributed by atoms with Crippen molar-refractivity contribution in [2.45, 2.75) is 38.7 Å². The third-order valence-corrected chi connectivity index (χ3v) is 3.57. The summed E-state index contributed by atoms with van der Waals surface area (Å²) in [4.78, 5) is 23.7. The number of rotatable bonds is 7. The normalized spacial score (nSPS) is 15.3. The second kappa shape index (κ2) is 7.22. The molecule has 1 unspecified atom stereocenters. The molecule has 1 aromatic rings. The smallest absolute Gasteiger partial charge is 0.251 e. The molecule has 1 atom stereocenters. The minimum atomic E-state index is -0.380. The average Bonchev–Trinajstić information content (AvgIpc) is 3.31. The molecule has 1 aliphatic carbocycles. The van der Waals surface area contributed by atoms with Crippen LogP contribution in [0.2, 0.25) is 0 Å². The number of amides is 2. The van der Waals surface area contributed by atoms with Crippen molar-refractivity contribution in [2.75, 3.05) is 11.9 Å². The topological polar surface area (TPSA) is 78.4 Å². The lowest BCUT2D eigenvalue weighted by atomic mass is 10.1. The maximum absolute atomic E-state index is 12.0. The van der Waals surface area contributed by atoms with Gasteiger partial charge in [-0.05, 0) is 43.9 Å². The van der Waals surface area contributed by atoms with Gasteiger partial charge in [0.15, 0.2) is 0 Å². The summed E-state index contributed by atoms with van der Waals surface area (Å²) >= 11 is 0. The third kappa shape index (κ3) is 4.86. The fraction of sp³-hybridized carbons (Fsp3) is 0.500. The van der Waals surface area contributed by atoms with Gasteiger partial charge in [0.2, 0.25) is 5.91 Å². The summed E-state index contributed by atoms with van der Waals surface area (Å²) in [6.07, 6.45) is 2.74. The van der Waals surface area contributed by atoms with Crippen molar-refractivity contribution in [3.8, 4) is 0 Å². The Kier molecular flexibility index (Phi) is 5.33. The quantitative estimate of drug-likeness (QED) is 0.718. The Bertz CT molecular complexity index is 512. The molecular formula is C16H22N2O3. The Labute approximate surface area is 124 Å². The van der Waals surface area contributed by atoms with Gasteiger partial charge in [-0.2, -0.15) is 0 Å². The summed E-state index contributed by atoms with van der Waals surface area (Å²) in [5, 5.41) is 15.0. The average molecular weight is 290 g/mol. The second-order valence-electron chi connectivity index (χ2n) is 5.45. The van der Waals surface area contributed by atoms with Crippen molar-refractivity contribution >= 4 is 17.5 Å². The van der Waals surface area contributed by atoms with Crippen LogP contribution in [-0.2, 0) is 4.79 Å². The lowest BCUT2D eigenvalue weighted by Gasteiger charge is -2.10. The van der Waals surface area contributed by atoms with Crippen LogP contribution in [0.1, 0.15) is 43.0 Å². The summed E-state index contributed by atoms with van der Waals surface area (Å²) in [6, 6.07) is 6.90. The molecule has 0 aromatic heterocycles. The van der Waals surface area contributed by atoms with Gasteiger partial charge in [0.25, 0.3) is 5.91 Å². The fourth-order valence-corrected chi connectivity index (χ4v) is 1.99. The number of benzene rings is 1. The highest BCUT2D eigenvalue weighted by Crippen LogP contribution is 2.30. The van der Waals surface area contributed by atoms with Gasteiger partial charge in [-0.3, -0.25) is 9.59 Å². The number of aliphatic hydroxyl groups excluding tert-OH is 1. The van der Waals surface area contributed by atoms with Crippen LogP contribution in [0.15, 0.2) is 24.3 Å². The predicted octanol–water partition coefficient (Wildman–Crippen LogP) is 1.93. The van der Waals surface area contributed by atoms with Gasteiger partial charge >= 0.3 is 0 Å². The molecule has 5 nitrogen and oxygen atoms in total.